The van der Waals surface area contributed by atoms with Crippen LogP contribution in [0.2, 0.25) is 10.0 Å². The Kier molecular flexibility index (Phi) is 3.47. The fourth-order valence-electron chi connectivity index (χ4n) is 1.16. The van der Waals surface area contributed by atoms with Crippen molar-refractivity contribution in [3.63, 3.8) is 0 Å². The molecule has 0 aliphatic carbocycles. The SMILES string of the molecule is Cc1nc(NS(=O)(=O)c2ccc(Cl)c(Cl)c2)no1. The minimum Gasteiger partial charge on any atom is -0.338 e. The first-order valence-corrected chi connectivity index (χ1v) is 6.90. The highest BCUT2D eigenvalue weighted by molar-refractivity contribution is 7.92. The summed E-state index contributed by atoms with van der Waals surface area (Å²) >= 11 is 11.5. The van der Waals surface area contributed by atoms with E-state index >= 15 is 0 Å². The van der Waals surface area contributed by atoms with E-state index in [1.807, 2.05) is 0 Å². The first-order valence-electron chi connectivity index (χ1n) is 4.67. The predicted molar refractivity (Wildman–Crippen MR) is 66.3 cm³/mol. The van der Waals surface area contributed by atoms with Gasteiger partial charge in [-0.25, -0.2) is 13.1 Å². The van der Waals surface area contributed by atoms with Gasteiger partial charge in [-0.05, 0) is 23.4 Å². The van der Waals surface area contributed by atoms with E-state index in [0.29, 0.717) is 0 Å². The number of aryl methyl sites for hydroxylation is 1. The zero-order valence-electron chi connectivity index (χ0n) is 9.02. The summed E-state index contributed by atoms with van der Waals surface area (Å²) in [6, 6.07) is 3.95. The van der Waals surface area contributed by atoms with Gasteiger partial charge in [0, 0.05) is 6.92 Å². The standard InChI is InChI=1S/C9H7Cl2N3O3S/c1-5-12-9(13-17-5)14-18(15,16)6-2-3-7(10)8(11)4-6/h2-4H,1H3,(H,13,14). The molecule has 18 heavy (non-hydrogen) atoms. The molecule has 9 heteroatoms. The van der Waals surface area contributed by atoms with E-state index in [-0.39, 0.29) is 26.8 Å². The maximum Gasteiger partial charge on any atom is 0.277 e. The Hall–Kier alpha value is -1.31. The van der Waals surface area contributed by atoms with Crippen molar-refractivity contribution in [3.05, 3.63) is 34.1 Å². The number of benzene rings is 1. The molecular weight excluding hydrogens is 301 g/mol. The van der Waals surface area contributed by atoms with Gasteiger partial charge in [-0.3, -0.25) is 0 Å². The molecule has 0 spiro atoms. The van der Waals surface area contributed by atoms with Crippen molar-refractivity contribution in [2.45, 2.75) is 11.8 Å². The van der Waals surface area contributed by atoms with Gasteiger partial charge >= 0.3 is 0 Å². The minimum atomic E-state index is -3.82. The molecular formula is C9H7Cl2N3O3S. The lowest BCUT2D eigenvalue weighted by Crippen LogP contribution is -2.13. The summed E-state index contributed by atoms with van der Waals surface area (Å²) in [6.45, 7) is 1.55. The van der Waals surface area contributed by atoms with Crippen LogP contribution < -0.4 is 4.72 Å². The minimum absolute atomic E-state index is 0.0423. The summed E-state index contributed by atoms with van der Waals surface area (Å²) in [7, 11) is -3.82. The molecule has 0 fully saturated rings. The third kappa shape index (κ3) is 2.74. The summed E-state index contributed by atoms with van der Waals surface area (Å²) in [6.07, 6.45) is 0. The average molecular weight is 308 g/mol. The number of anilines is 1. The highest BCUT2D eigenvalue weighted by atomic mass is 35.5. The molecule has 0 aliphatic rings. The second kappa shape index (κ2) is 4.75. The summed E-state index contributed by atoms with van der Waals surface area (Å²) in [5.74, 6) is 0.111. The van der Waals surface area contributed by atoms with Crippen molar-refractivity contribution >= 4 is 39.2 Å². The topological polar surface area (TPSA) is 85.1 Å². The predicted octanol–water partition coefficient (Wildman–Crippen LogP) is 2.49. The van der Waals surface area contributed by atoms with Gasteiger partial charge in [0.15, 0.2) is 0 Å². The first kappa shape index (κ1) is 13.1. The van der Waals surface area contributed by atoms with Crippen LogP contribution in [-0.2, 0) is 10.0 Å². The van der Waals surface area contributed by atoms with E-state index in [0.717, 1.165) is 0 Å². The Morgan fingerprint density at radius 2 is 2.00 bits per heavy atom. The van der Waals surface area contributed by atoms with Crippen LogP contribution in [0, 0.1) is 6.92 Å². The summed E-state index contributed by atoms with van der Waals surface area (Å²) in [5.41, 5.74) is 0. The molecule has 1 N–H and O–H groups in total. The number of nitrogens with zero attached hydrogens (tertiary/aromatic N) is 2. The molecule has 0 aliphatic heterocycles. The Bertz CT molecular complexity index is 684. The third-order valence-corrected chi connectivity index (χ3v) is 4.02. The smallest absolute Gasteiger partial charge is 0.277 e. The average Bonchev–Trinajstić information content (AvgIpc) is 2.67. The van der Waals surface area contributed by atoms with Crippen LogP contribution in [0.1, 0.15) is 5.89 Å². The Balaban J connectivity index is 2.33. The number of hydrogen-bond acceptors (Lipinski definition) is 5. The molecule has 0 saturated carbocycles. The van der Waals surface area contributed by atoms with Gasteiger partial charge in [-0.2, -0.15) is 4.98 Å². The maximum absolute atomic E-state index is 11.9. The normalized spacial score (nSPS) is 11.5. The number of halogens is 2. The van der Waals surface area contributed by atoms with Gasteiger partial charge in [0.05, 0.1) is 14.9 Å². The van der Waals surface area contributed by atoms with E-state index in [9.17, 15) is 8.42 Å². The molecule has 2 rings (SSSR count). The Labute approximate surface area is 113 Å². The van der Waals surface area contributed by atoms with Crippen molar-refractivity contribution in [3.8, 4) is 0 Å². The fraction of sp³-hybridized carbons (Fsp3) is 0.111. The second-order valence-electron chi connectivity index (χ2n) is 3.32. The van der Waals surface area contributed by atoms with E-state index in [1.165, 1.54) is 18.2 Å². The molecule has 1 aromatic carbocycles. The zero-order chi connectivity index (χ0) is 13.3. The molecule has 2 aromatic rings. The van der Waals surface area contributed by atoms with Gasteiger partial charge in [-0.1, -0.05) is 23.2 Å². The van der Waals surface area contributed by atoms with Crippen LogP contribution in [-0.4, -0.2) is 18.6 Å². The van der Waals surface area contributed by atoms with Gasteiger partial charge in [0.2, 0.25) is 5.89 Å². The second-order valence-corrected chi connectivity index (χ2v) is 5.82. The number of nitrogens with one attached hydrogen (secondary N) is 1. The molecule has 0 bridgehead atoms. The van der Waals surface area contributed by atoms with Crippen molar-refractivity contribution < 1.29 is 12.9 Å². The third-order valence-electron chi connectivity index (χ3n) is 1.95. The lowest BCUT2D eigenvalue weighted by molar-refractivity contribution is 0.395. The van der Waals surface area contributed by atoms with E-state index in [4.69, 9.17) is 23.2 Å². The first-order chi connectivity index (χ1) is 8.38. The van der Waals surface area contributed by atoms with E-state index in [1.54, 1.807) is 6.92 Å². The van der Waals surface area contributed by atoms with Gasteiger partial charge in [0.1, 0.15) is 0 Å². The summed E-state index contributed by atoms with van der Waals surface area (Å²) < 4.78 is 30.7. The van der Waals surface area contributed by atoms with Crippen molar-refractivity contribution in [1.29, 1.82) is 0 Å². The van der Waals surface area contributed by atoms with Gasteiger partial charge < -0.3 is 4.52 Å². The van der Waals surface area contributed by atoms with Crippen LogP contribution in [0.4, 0.5) is 5.95 Å². The van der Waals surface area contributed by atoms with E-state index in [2.05, 4.69) is 19.4 Å². The Morgan fingerprint density at radius 1 is 1.28 bits per heavy atom. The highest BCUT2D eigenvalue weighted by Gasteiger charge is 2.18. The zero-order valence-corrected chi connectivity index (χ0v) is 11.3. The molecule has 0 radical (unpaired) electrons. The molecule has 0 unspecified atom stereocenters. The van der Waals surface area contributed by atoms with Crippen molar-refractivity contribution in [2.24, 2.45) is 0 Å². The van der Waals surface area contributed by atoms with Crippen LogP contribution in [0.5, 0.6) is 0 Å². The van der Waals surface area contributed by atoms with Crippen LogP contribution >= 0.6 is 23.2 Å². The van der Waals surface area contributed by atoms with E-state index < -0.39 is 10.0 Å². The van der Waals surface area contributed by atoms with Gasteiger partial charge in [-0.15, -0.1) is 0 Å². The molecule has 1 heterocycles. The quantitative estimate of drug-likeness (QED) is 0.941. The van der Waals surface area contributed by atoms with Crippen molar-refractivity contribution in [2.75, 3.05) is 4.72 Å². The molecule has 6 nitrogen and oxygen atoms in total. The molecule has 96 valence electrons. The van der Waals surface area contributed by atoms with Crippen molar-refractivity contribution in [1.82, 2.24) is 10.1 Å². The number of hydrogen-bond donors (Lipinski definition) is 1. The molecule has 0 saturated heterocycles. The molecule has 0 amide bonds. The van der Waals surface area contributed by atoms with Gasteiger partial charge in [0.25, 0.3) is 16.0 Å². The van der Waals surface area contributed by atoms with Crippen LogP contribution in [0.25, 0.3) is 0 Å². The summed E-state index contributed by atoms with van der Waals surface area (Å²) in [5, 5.41) is 3.84. The largest absolute Gasteiger partial charge is 0.338 e. The number of rotatable bonds is 3. The lowest BCUT2D eigenvalue weighted by Gasteiger charge is -2.05. The van der Waals surface area contributed by atoms with Crippen LogP contribution in [0.3, 0.4) is 0 Å². The highest BCUT2D eigenvalue weighted by Crippen LogP contribution is 2.25. The number of sulfonamides is 1. The molecule has 0 atom stereocenters. The number of aromatic nitrogens is 2. The maximum atomic E-state index is 11.9. The molecule has 1 aromatic heterocycles. The monoisotopic (exact) mass is 307 g/mol. The Morgan fingerprint density at radius 3 is 2.56 bits per heavy atom. The fourth-order valence-corrected chi connectivity index (χ4v) is 2.49. The lowest BCUT2D eigenvalue weighted by atomic mass is 10.4. The van der Waals surface area contributed by atoms with Crippen LogP contribution in [0.15, 0.2) is 27.6 Å². The summed E-state index contributed by atoms with van der Waals surface area (Å²) in [4.78, 5) is 3.69.